The van der Waals surface area contributed by atoms with Gasteiger partial charge in [-0.1, -0.05) is 32.0 Å². The number of ether oxygens (including phenoxy) is 1. The number of pyridine rings is 1. The maximum Gasteiger partial charge on any atom is 0.341 e. The quantitative estimate of drug-likeness (QED) is 0.772. The van der Waals surface area contributed by atoms with E-state index in [-0.39, 0.29) is 12.5 Å². The van der Waals surface area contributed by atoms with Gasteiger partial charge in [-0.3, -0.25) is 9.78 Å². The van der Waals surface area contributed by atoms with E-state index >= 15 is 0 Å². The van der Waals surface area contributed by atoms with E-state index in [2.05, 4.69) is 18.8 Å². The first kappa shape index (κ1) is 18.2. The van der Waals surface area contributed by atoms with Gasteiger partial charge in [-0.25, -0.2) is 4.79 Å². The molecule has 1 amide bonds. The Bertz CT molecular complexity index is 819. The van der Waals surface area contributed by atoms with Crippen LogP contribution in [0.3, 0.4) is 0 Å². The van der Waals surface area contributed by atoms with Crippen molar-refractivity contribution in [2.75, 3.05) is 37.7 Å². The van der Waals surface area contributed by atoms with Gasteiger partial charge in [-0.05, 0) is 18.9 Å². The minimum absolute atomic E-state index is 0.0839. The summed E-state index contributed by atoms with van der Waals surface area (Å²) in [4.78, 5) is 33.3. The summed E-state index contributed by atoms with van der Waals surface area (Å²) in [7, 11) is 0. The Kier molecular flexibility index (Phi) is 5.40. The van der Waals surface area contributed by atoms with Gasteiger partial charge in [0.2, 0.25) is 5.91 Å². The maximum absolute atomic E-state index is 12.6. The van der Waals surface area contributed by atoms with Gasteiger partial charge < -0.3 is 14.5 Å². The SMILES string of the molecule is CCOC(=O)c1cnc2ccccc2c1N1CCN(CC(C)C)C(=O)C1. The highest BCUT2D eigenvalue weighted by atomic mass is 16.5. The van der Waals surface area contributed by atoms with Crippen LogP contribution in [0.25, 0.3) is 10.9 Å². The van der Waals surface area contributed by atoms with Crippen LogP contribution < -0.4 is 4.90 Å². The van der Waals surface area contributed by atoms with Crippen molar-refractivity contribution in [1.82, 2.24) is 9.88 Å². The fourth-order valence-electron chi connectivity index (χ4n) is 3.36. The van der Waals surface area contributed by atoms with Crippen molar-refractivity contribution >= 4 is 28.5 Å². The van der Waals surface area contributed by atoms with Crippen molar-refractivity contribution in [2.45, 2.75) is 20.8 Å². The van der Waals surface area contributed by atoms with E-state index in [1.807, 2.05) is 34.1 Å². The van der Waals surface area contributed by atoms with Gasteiger partial charge in [0, 0.05) is 31.2 Å². The van der Waals surface area contributed by atoms with E-state index in [1.54, 1.807) is 13.1 Å². The van der Waals surface area contributed by atoms with Gasteiger partial charge in [-0.15, -0.1) is 0 Å². The maximum atomic E-state index is 12.6. The van der Waals surface area contributed by atoms with Crippen molar-refractivity contribution in [3.63, 3.8) is 0 Å². The Labute approximate surface area is 153 Å². The first-order valence-corrected chi connectivity index (χ1v) is 9.08. The number of hydrogen-bond acceptors (Lipinski definition) is 5. The number of anilines is 1. The zero-order valence-electron chi connectivity index (χ0n) is 15.6. The summed E-state index contributed by atoms with van der Waals surface area (Å²) in [6, 6.07) is 7.67. The molecule has 2 heterocycles. The highest BCUT2D eigenvalue weighted by Crippen LogP contribution is 2.31. The minimum atomic E-state index is -0.405. The van der Waals surface area contributed by atoms with E-state index in [0.29, 0.717) is 31.2 Å². The molecule has 6 heteroatoms. The summed E-state index contributed by atoms with van der Waals surface area (Å²) in [6.07, 6.45) is 1.56. The van der Waals surface area contributed by atoms with Crippen LogP contribution in [0.4, 0.5) is 5.69 Å². The normalized spacial score (nSPS) is 15.0. The monoisotopic (exact) mass is 355 g/mol. The molecule has 0 unspecified atom stereocenters. The molecule has 0 N–H and O–H groups in total. The molecule has 2 aromatic rings. The lowest BCUT2D eigenvalue weighted by Crippen LogP contribution is -2.51. The number of aromatic nitrogens is 1. The summed E-state index contributed by atoms with van der Waals surface area (Å²) in [6.45, 7) is 8.63. The largest absolute Gasteiger partial charge is 0.462 e. The Morgan fingerprint density at radius 2 is 2.04 bits per heavy atom. The van der Waals surface area contributed by atoms with Crippen molar-refractivity contribution < 1.29 is 14.3 Å². The molecule has 138 valence electrons. The molecule has 1 fully saturated rings. The van der Waals surface area contributed by atoms with Crippen LogP contribution in [0.5, 0.6) is 0 Å². The number of nitrogens with zero attached hydrogens (tertiary/aromatic N) is 3. The summed E-state index contributed by atoms with van der Waals surface area (Å²) in [5, 5.41) is 0.864. The number of fused-ring (bicyclic) bond motifs is 1. The van der Waals surface area contributed by atoms with E-state index < -0.39 is 5.97 Å². The van der Waals surface area contributed by atoms with Crippen molar-refractivity contribution in [3.05, 3.63) is 36.0 Å². The van der Waals surface area contributed by atoms with Gasteiger partial charge in [0.05, 0.1) is 24.4 Å². The molecule has 1 aromatic carbocycles. The second kappa shape index (κ2) is 7.72. The zero-order valence-corrected chi connectivity index (χ0v) is 15.6. The third-order valence-corrected chi connectivity index (χ3v) is 4.46. The van der Waals surface area contributed by atoms with E-state index in [9.17, 15) is 9.59 Å². The molecule has 1 aliphatic rings. The number of rotatable bonds is 5. The molecule has 0 atom stereocenters. The lowest BCUT2D eigenvalue weighted by Gasteiger charge is -2.37. The van der Waals surface area contributed by atoms with E-state index in [0.717, 1.165) is 23.1 Å². The number of hydrogen-bond donors (Lipinski definition) is 0. The number of piperazine rings is 1. The predicted octanol–water partition coefficient (Wildman–Crippen LogP) is 2.72. The van der Waals surface area contributed by atoms with Crippen LogP contribution in [0.1, 0.15) is 31.1 Å². The van der Waals surface area contributed by atoms with Crippen LogP contribution in [-0.2, 0) is 9.53 Å². The number of esters is 1. The Morgan fingerprint density at radius 3 is 2.73 bits per heavy atom. The highest BCUT2D eigenvalue weighted by molar-refractivity contribution is 6.06. The summed E-state index contributed by atoms with van der Waals surface area (Å²) in [5.41, 5.74) is 1.95. The number of carbonyl (C=O) groups is 2. The summed E-state index contributed by atoms with van der Waals surface area (Å²) >= 11 is 0. The molecular weight excluding hydrogens is 330 g/mol. The van der Waals surface area contributed by atoms with E-state index in [4.69, 9.17) is 4.74 Å². The van der Waals surface area contributed by atoms with Crippen LogP contribution in [0.15, 0.2) is 30.5 Å². The van der Waals surface area contributed by atoms with Crippen molar-refractivity contribution in [3.8, 4) is 0 Å². The molecular formula is C20H25N3O3. The van der Waals surface area contributed by atoms with Gasteiger partial charge in [0.15, 0.2) is 0 Å². The van der Waals surface area contributed by atoms with Gasteiger partial charge in [0.25, 0.3) is 0 Å². The lowest BCUT2D eigenvalue weighted by molar-refractivity contribution is -0.131. The van der Waals surface area contributed by atoms with Gasteiger partial charge in [-0.2, -0.15) is 0 Å². The second-order valence-electron chi connectivity index (χ2n) is 6.91. The topological polar surface area (TPSA) is 62.7 Å². The minimum Gasteiger partial charge on any atom is -0.462 e. The third-order valence-electron chi connectivity index (χ3n) is 4.46. The van der Waals surface area contributed by atoms with Crippen LogP contribution in [-0.4, -0.2) is 54.5 Å². The number of benzene rings is 1. The average Bonchev–Trinajstić information content (AvgIpc) is 2.62. The van der Waals surface area contributed by atoms with Crippen LogP contribution in [0.2, 0.25) is 0 Å². The molecule has 1 aromatic heterocycles. The molecule has 0 bridgehead atoms. The number of amides is 1. The molecule has 0 spiro atoms. The van der Waals surface area contributed by atoms with Crippen molar-refractivity contribution in [2.24, 2.45) is 5.92 Å². The predicted molar refractivity (Wildman–Crippen MR) is 101 cm³/mol. The standard InChI is InChI=1S/C20H25N3O3/c1-4-26-20(25)16-11-21-17-8-6-5-7-15(17)19(16)23-10-9-22(12-14(2)3)18(24)13-23/h5-8,11,14H,4,9-10,12-13H2,1-3H3. The lowest BCUT2D eigenvalue weighted by atomic mass is 10.1. The number of carbonyl (C=O) groups excluding carboxylic acids is 2. The van der Waals surface area contributed by atoms with Gasteiger partial charge in [0.1, 0.15) is 5.56 Å². The first-order valence-electron chi connectivity index (χ1n) is 9.08. The molecule has 1 aliphatic heterocycles. The molecule has 1 saturated heterocycles. The van der Waals surface area contributed by atoms with Crippen LogP contribution >= 0.6 is 0 Å². The smallest absolute Gasteiger partial charge is 0.341 e. The fourth-order valence-corrected chi connectivity index (χ4v) is 3.36. The molecule has 0 saturated carbocycles. The Hall–Kier alpha value is -2.63. The summed E-state index contributed by atoms with van der Waals surface area (Å²) in [5.74, 6) is 0.112. The highest BCUT2D eigenvalue weighted by Gasteiger charge is 2.29. The van der Waals surface area contributed by atoms with Gasteiger partial charge >= 0.3 is 5.97 Å². The fraction of sp³-hybridized carbons (Fsp3) is 0.450. The van der Waals surface area contributed by atoms with E-state index in [1.165, 1.54) is 0 Å². The average molecular weight is 355 g/mol. The first-order chi connectivity index (χ1) is 12.5. The Balaban J connectivity index is 1.99. The van der Waals surface area contributed by atoms with Crippen molar-refractivity contribution in [1.29, 1.82) is 0 Å². The second-order valence-corrected chi connectivity index (χ2v) is 6.91. The zero-order chi connectivity index (χ0) is 18.7. The van der Waals surface area contributed by atoms with Crippen LogP contribution in [0, 0.1) is 5.92 Å². The molecule has 3 rings (SSSR count). The molecule has 0 aliphatic carbocycles. The Morgan fingerprint density at radius 1 is 1.27 bits per heavy atom. The molecule has 0 radical (unpaired) electrons. The number of para-hydroxylation sites is 1. The molecule has 26 heavy (non-hydrogen) atoms. The third kappa shape index (κ3) is 3.64. The summed E-state index contributed by atoms with van der Waals surface area (Å²) < 4.78 is 5.21. The molecule has 6 nitrogen and oxygen atoms in total.